The maximum Gasteiger partial charge on any atom is 0.306 e. The standard InChI is InChI=1S/C99H184N9O39P.2H3N/c1-6-8-10-12-14-16-18-20-22-24-26-28-30-32-34-39-85(119)141-69-76(144-86(120)40-35-33-31-29-27-25-23-21-19-17-15-13-11-9-7-2)70-143-148(128,129)142-49-45-103-84(118)72-137-57-56-136-71-83(117)100-41-37-36-38-77(96(127)104-44-48-132-52-55-135-60-63-140-99-89(107-75(5)114)95(126)92(123)80(68-111)147-99)108(64-81(115)101-42-46-130-50-53-133-58-61-138-97-87(105-73(3)112)93(124)90(121)78(66-109)145-97)65-82(116)102-43-47-131-51-54-134-59-62-139-98-88(106-74(4)113)94(125)91(122)79(67-110)146-98;;/h76-80,87-95,97-99,109-111,121-126H,6-72H2,1-5H3,(H,100,117)(H,101,115)(H,102,116)(H,103,118)(H,104,127)(H,105,112)(H,106,113)(H,107,114)(H,128,129);2*1H3/t76-,77?,78+,79+,80+,87+,88+,89+,90-,91-,92-,93+,94+,95+,97+,98+,99+;;/m1../s1. The summed E-state index contributed by atoms with van der Waals surface area (Å²) in [6.45, 7) is 1.84. The first-order chi connectivity index (χ1) is 71.5. The Morgan fingerprint density at radius 1 is 0.347 bits per heavy atom. The number of quaternary nitrogens is 1. The summed E-state index contributed by atoms with van der Waals surface area (Å²) in [7, 11) is -5.05. The van der Waals surface area contributed by atoms with Gasteiger partial charge in [-0.1, -0.05) is 194 Å². The molecule has 24 N–H and O–H groups in total. The van der Waals surface area contributed by atoms with Gasteiger partial charge in [0.15, 0.2) is 25.0 Å². The molecule has 0 radical (unpaired) electrons. The van der Waals surface area contributed by atoms with Gasteiger partial charge in [0.2, 0.25) is 47.3 Å². The Kier molecular flexibility index (Phi) is 86.8. The van der Waals surface area contributed by atoms with Gasteiger partial charge in [-0.25, -0.2) is 0 Å². The molecule has 0 aromatic rings. The number of rotatable bonds is 96. The number of carbonyl (C=O) groups is 10. The normalized spacial score (nSPS) is 21.4. The highest BCUT2D eigenvalue weighted by atomic mass is 31.2. The van der Waals surface area contributed by atoms with Crippen LogP contribution in [-0.4, -0.2) is 425 Å². The number of aliphatic hydroxyl groups excluding tert-OH is 9. The molecule has 18 atom stereocenters. The summed E-state index contributed by atoms with van der Waals surface area (Å²) >= 11 is 0. The van der Waals surface area contributed by atoms with Crippen LogP contribution < -0.4 is 59.7 Å². The van der Waals surface area contributed by atoms with Crippen LogP contribution in [-0.2, 0) is 137 Å². The van der Waals surface area contributed by atoms with Crippen molar-refractivity contribution >= 4 is 67.0 Å². The van der Waals surface area contributed by atoms with Crippen molar-refractivity contribution < 1.29 is 188 Å². The maximum absolute atomic E-state index is 14.5. The van der Waals surface area contributed by atoms with E-state index >= 15 is 0 Å². The second kappa shape index (κ2) is 91.8. The van der Waals surface area contributed by atoms with E-state index in [-0.39, 0.29) is 189 Å². The molecule has 0 bridgehead atoms. The van der Waals surface area contributed by atoms with Crippen molar-refractivity contribution in [2.45, 2.75) is 363 Å². The van der Waals surface area contributed by atoms with Crippen LogP contribution in [0.25, 0.3) is 0 Å². The topological polar surface area (TPSA) is 730 Å². The van der Waals surface area contributed by atoms with Crippen molar-refractivity contribution in [1.82, 2.24) is 59.7 Å². The highest BCUT2D eigenvalue weighted by molar-refractivity contribution is 7.45. The van der Waals surface area contributed by atoms with E-state index in [4.69, 9.17) is 84.8 Å². The van der Waals surface area contributed by atoms with Crippen LogP contribution in [0.3, 0.4) is 0 Å². The van der Waals surface area contributed by atoms with Crippen molar-refractivity contribution in [2.24, 2.45) is 0 Å². The van der Waals surface area contributed by atoms with Crippen LogP contribution in [0, 0.1) is 0 Å². The lowest BCUT2D eigenvalue weighted by Crippen LogP contribution is -2.64. The molecule has 50 nitrogen and oxygen atoms in total. The number of hydrogen-bond acceptors (Lipinski definition) is 41. The Balaban J connectivity index is 0.0000562. The molecule has 8 amide bonds. The molecular formula is C99H190N11O39P. The van der Waals surface area contributed by atoms with Crippen LogP contribution in [0.4, 0.5) is 0 Å². The number of unbranched alkanes of at least 4 members (excludes halogenated alkanes) is 29. The smallest absolute Gasteiger partial charge is 0.306 e. The summed E-state index contributed by atoms with van der Waals surface area (Å²) in [6.07, 6.45) is 18.1. The summed E-state index contributed by atoms with van der Waals surface area (Å²) in [6, 6.07) is -4.65. The lowest BCUT2D eigenvalue weighted by Gasteiger charge is -2.42. The lowest BCUT2D eigenvalue weighted by molar-refractivity contribution is -0.272. The van der Waals surface area contributed by atoms with Gasteiger partial charge in [0.25, 0.3) is 7.82 Å². The average molecular weight is 2190 g/mol. The van der Waals surface area contributed by atoms with E-state index in [0.29, 0.717) is 12.8 Å². The fourth-order valence-corrected chi connectivity index (χ4v) is 17.0. The van der Waals surface area contributed by atoms with Gasteiger partial charge in [0, 0.05) is 66.3 Å². The first-order valence-corrected chi connectivity index (χ1v) is 55.1. The van der Waals surface area contributed by atoms with E-state index in [1.807, 2.05) is 0 Å². The minimum Gasteiger partial charge on any atom is -0.756 e. The zero-order valence-electron chi connectivity index (χ0n) is 90.1. The first kappa shape index (κ1) is 142. The number of nitrogens with one attached hydrogen (secondary N) is 8. The van der Waals surface area contributed by atoms with Gasteiger partial charge in [0.1, 0.15) is 92.9 Å². The second-order valence-corrected chi connectivity index (χ2v) is 38.5. The van der Waals surface area contributed by atoms with Crippen LogP contribution >= 0.6 is 7.82 Å². The van der Waals surface area contributed by atoms with Gasteiger partial charge in [0.05, 0.1) is 164 Å². The number of esters is 2. The van der Waals surface area contributed by atoms with E-state index in [2.05, 4.69) is 56.4 Å². The predicted molar refractivity (Wildman–Crippen MR) is 545 cm³/mol. The number of ether oxygens (including phenoxy) is 16. The molecule has 3 saturated heterocycles. The number of aliphatic hydroxyl groups is 9. The minimum atomic E-state index is -5.05. The third-order valence-corrected chi connectivity index (χ3v) is 25.3. The third kappa shape index (κ3) is 69.7. The molecular weight excluding hydrogens is 2000 g/mol. The van der Waals surface area contributed by atoms with Crippen LogP contribution in [0.5, 0.6) is 0 Å². The van der Waals surface area contributed by atoms with Gasteiger partial charge in [-0.05, 0) is 32.1 Å². The number of carbonyl (C=O) groups excluding carboxylic acids is 10. The van der Waals surface area contributed by atoms with Crippen molar-refractivity contribution in [3.05, 3.63) is 0 Å². The largest absolute Gasteiger partial charge is 0.756 e. The van der Waals surface area contributed by atoms with E-state index in [9.17, 15) is 103 Å². The van der Waals surface area contributed by atoms with Gasteiger partial charge in [-0.15, -0.1) is 0 Å². The molecule has 0 saturated carbocycles. The molecule has 3 rings (SSSR count). The first-order valence-electron chi connectivity index (χ1n) is 53.7. The summed E-state index contributed by atoms with van der Waals surface area (Å²) in [5, 5.41) is 113. The zero-order valence-corrected chi connectivity index (χ0v) is 91.0. The van der Waals surface area contributed by atoms with Crippen LogP contribution in [0.2, 0.25) is 0 Å². The fraction of sp³-hybridized carbons (Fsp3) is 0.899. The van der Waals surface area contributed by atoms with E-state index < -0.39 is 237 Å². The Morgan fingerprint density at radius 3 is 0.993 bits per heavy atom. The summed E-state index contributed by atoms with van der Waals surface area (Å²) in [5.41, 5.74) is 0. The van der Waals surface area contributed by atoms with Crippen molar-refractivity contribution in [2.75, 3.05) is 211 Å². The molecule has 3 fully saturated rings. The molecule has 0 aliphatic carbocycles. The maximum atomic E-state index is 14.5. The minimum absolute atomic E-state index is 0. The van der Waals surface area contributed by atoms with Gasteiger partial charge in [-0.3, -0.25) is 57.4 Å². The van der Waals surface area contributed by atoms with Crippen LogP contribution in [0.15, 0.2) is 0 Å². The van der Waals surface area contributed by atoms with E-state index in [1.165, 1.54) is 154 Å². The fourth-order valence-electron chi connectivity index (χ4n) is 16.3. The van der Waals surface area contributed by atoms with Gasteiger partial charge in [-0.2, -0.15) is 0 Å². The van der Waals surface area contributed by atoms with Gasteiger partial charge >= 0.3 is 11.9 Å². The molecule has 0 spiro atoms. The molecule has 880 valence electrons. The molecule has 51 heteroatoms. The van der Waals surface area contributed by atoms with Crippen LogP contribution in [0.1, 0.15) is 259 Å². The highest BCUT2D eigenvalue weighted by Crippen LogP contribution is 2.38. The number of phosphoric acid groups is 1. The summed E-state index contributed by atoms with van der Waals surface area (Å²) in [5.74, 6) is -5.69. The SMILES string of the molecule is CCCCCCCCCCCCCCCCCC(=O)OC[C@H](COP(=O)([O-])OCCNC(=O)COCCOCC(=O)NCCCCC(C(=O)NCCOCCOCCO[C@H]1O[C@@H](CO)[C@@H](O)[C@@H](O)[C@@H]1NC(C)=O)N(CC(=O)NCCOCCOCCO[C@H]1O[C@@H](CO)[C@@H](O)[C@@H](O)[C@@H]1NC(C)=O)CC(=O)NCCOCCOCCO[C@H]1O[C@@H](CO)[C@@H](O)[C@@H](O)[C@@H]1NC(C)=O)OC(=O)CCCCCCCCCCCCCCCCC.N.[NH4+]. The van der Waals surface area contributed by atoms with Crippen molar-refractivity contribution in [3.8, 4) is 0 Å². The molecule has 3 heterocycles. The molecule has 2 unspecified atom stereocenters. The zero-order chi connectivity index (χ0) is 108. The summed E-state index contributed by atoms with van der Waals surface area (Å²) in [4.78, 5) is 144. The highest BCUT2D eigenvalue weighted by Gasteiger charge is 2.48. The Morgan fingerprint density at radius 2 is 0.647 bits per heavy atom. The molecule has 0 aromatic heterocycles. The third-order valence-electron chi connectivity index (χ3n) is 24.4. The second-order valence-electron chi connectivity index (χ2n) is 37.1. The predicted octanol–water partition coefficient (Wildman–Crippen LogP) is 1.44. The molecule has 150 heavy (non-hydrogen) atoms. The number of amides is 8. The van der Waals surface area contributed by atoms with Gasteiger partial charge < -0.3 is 191 Å². The van der Waals surface area contributed by atoms with Crippen molar-refractivity contribution in [3.63, 3.8) is 0 Å². The Bertz CT molecular complexity index is 3420. The van der Waals surface area contributed by atoms with E-state index in [0.717, 1.165) is 51.4 Å². The van der Waals surface area contributed by atoms with Crippen molar-refractivity contribution in [1.29, 1.82) is 0 Å². The Labute approximate surface area is 885 Å². The average Bonchev–Trinajstić information content (AvgIpc) is 0.814. The molecule has 0 aromatic carbocycles. The Hall–Kier alpha value is -6.23. The number of phosphoric ester groups is 1. The monoisotopic (exact) mass is 2190 g/mol. The summed E-state index contributed by atoms with van der Waals surface area (Å²) < 4.78 is 113. The molecule has 3 aliphatic rings. The number of nitrogens with zero attached hydrogens (tertiary/aromatic N) is 1. The lowest BCUT2D eigenvalue weighted by atomic mass is 9.97. The molecule has 3 aliphatic heterocycles. The quantitative estimate of drug-likeness (QED) is 0.0233. The van der Waals surface area contributed by atoms with E-state index in [1.54, 1.807) is 0 Å². The number of hydrogen-bond donors (Lipinski definition) is 19.